The molecule has 0 fully saturated rings. The fourth-order valence-corrected chi connectivity index (χ4v) is 5.38. The highest BCUT2D eigenvalue weighted by Gasteiger charge is 2.29. The number of methoxy groups -OCH3 is 1. The maximum Gasteiger partial charge on any atom is 0.273 e. The Kier molecular flexibility index (Phi) is 8.27. The van der Waals surface area contributed by atoms with Crippen molar-refractivity contribution in [3.63, 3.8) is 0 Å². The van der Waals surface area contributed by atoms with Crippen LogP contribution in [0.2, 0.25) is 0 Å². The van der Waals surface area contributed by atoms with Gasteiger partial charge in [0.05, 0.1) is 34.6 Å². The first-order valence-corrected chi connectivity index (χ1v) is 14.3. The van der Waals surface area contributed by atoms with Crippen molar-refractivity contribution in [2.24, 2.45) is 0 Å². The molecule has 12 nitrogen and oxygen atoms in total. The summed E-state index contributed by atoms with van der Waals surface area (Å²) in [6.07, 6.45) is 1.03. The van der Waals surface area contributed by atoms with Gasteiger partial charge in [-0.1, -0.05) is 12.1 Å². The lowest BCUT2D eigenvalue weighted by Crippen LogP contribution is -2.38. The standard InChI is InChI=1S/C24H26N4O8S2/c1-17-8-13-22(15-23(17)28(30)31)38(34,35)27(19-9-11-21(36-3)12-10-19)16-24(29)25-18-6-5-7-20(14-18)26(2)37(4,32)33/h5-15H,16H2,1-4H3,(H,25,29). The van der Waals surface area contributed by atoms with Crippen LogP contribution >= 0.6 is 0 Å². The Morgan fingerprint density at radius 2 is 1.66 bits per heavy atom. The average Bonchev–Trinajstić information content (AvgIpc) is 2.86. The Balaban J connectivity index is 1.98. The van der Waals surface area contributed by atoms with Crippen LogP contribution in [0.1, 0.15) is 5.56 Å². The molecule has 0 unspecified atom stereocenters. The van der Waals surface area contributed by atoms with Crippen molar-refractivity contribution >= 4 is 48.7 Å². The Bertz CT molecular complexity index is 1570. The number of ether oxygens (including phenoxy) is 1. The second kappa shape index (κ2) is 11.1. The highest BCUT2D eigenvalue weighted by Crippen LogP contribution is 2.29. The van der Waals surface area contributed by atoms with E-state index in [1.54, 1.807) is 0 Å². The highest BCUT2D eigenvalue weighted by molar-refractivity contribution is 7.93. The molecule has 0 saturated carbocycles. The predicted octanol–water partition coefficient (Wildman–Crippen LogP) is 3.14. The summed E-state index contributed by atoms with van der Waals surface area (Å²) in [4.78, 5) is 23.4. The van der Waals surface area contributed by atoms with Gasteiger partial charge in [-0.15, -0.1) is 0 Å². The zero-order valence-electron chi connectivity index (χ0n) is 21.0. The minimum atomic E-state index is -4.44. The molecule has 202 valence electrons. The molecule has 0 aliphatic rings. The van der Waals surface area contributed by atoms with Gasteiger partial charge in [0.1, 0.15) is 12.3 Å². The minimum Gasteiger partial charge on any atom is -0.497 e. The molecule has 0 radical (unpaired) electrons. The van der Waals surface area contributed by atoms with E-state index in [0.717, 1.165) is 20.9 Å². The quantitative estimate of drug-likeness (QED) is 0.292. The van der Waals surface area contributed by atoms with Gasteiger partial charge in [-0.2, -0.15) is 0 Å². The zero-order chi connectivity index (χ0) is 28.3. The third kappa shape index (κ3) is 6.39. The van der Waals surface area contributed by atoms with Crippen LogP contribution in [0.4, 0.5) is 22.7 Å². The van der Waals surface area contributed by atoms with Gasteiger partial charge in [-0.05, 0) is 55.5 Å². The summed E-state index contributed by atoms with van der Waals surface area (Å²) in [7, 11) is -5.19. The molecule has 3 aromatic rings. The van der Waals surface area contributed by atoms with Crippen molar-refractivity contribution < 1.29 is 31.3 Å². The van der Waals surface area contributed by atoms with E-state index in [-0.39, 0.29) is 33.2 Å². The molecule has 38 heavy (non-hydrogen) atoms. The SMILES string of the molecule is COc1ccc(N(CC(=O)Nc2cccc(N(C)S(C)(=O)=O)c2)S(=O)(=O)c2ccc(C)c([N+](=O)[O-])c2)cc1. The van der Waals surface area contributed by atoms with Crippen LogP contribution in [0.15, 0.2) is 71.6 Å². The zero-order valence-corrected chi connectivity index (χ0v) is 22.6. The minimum absolute atomic E-state index is 0.120. The number of hydrogen-bond acceptors (Lipinski definition) is 8. The van der Waals surface area contributed by atoms with Crippen molar-refractivity contribution in [1.29, 1.82) is 0 Å². The molecule has 0 saturated heterocycles. The summed E-state index contributed by atoms with van der Waals surface area (Å²) in [5.41, 5.74) is 0.548. The van der Waals surface area contributed by atoms with Crippen LogP contribution in [-0.2, 0) is 24.8 Å². The Labute approximate surface area is 220 Å². The van der Waals surface area contributed by atoms with Crippen molar-refractivity contribution in [3.8, 4) is 5.75 Å². The van der Waals surface area contributed by atoms with Crippen molar-refractivity contribution in [3.05, 3.63) is 82.4 Å². The number of nitrogens with zero attached hydrogens (tertiary/aromatic N) is 3. The molecule has 1 N–H and O–H groups in total. The smallest absolute Gasteiger partial charge is 0.273 e. The number of amides is 1. The van der Waals surface area contributed by atoms with Crippen LogP contribution in [0.3, 0.4) is 0 Å². The fraction of sp³-hybridized carbons (Fsp3) is 0.208. The first-order chi connectivity index (χ1) is 17.7. The second-order valence-corrected chi connectivity index (χ2v) is 12.1. The molecule has 0 atom stereocenters. The maximum absolute atomic E-state index is 13.6. The van der Waals surface area contributed by atoms with Gasteiger partial charge in [-0.25, -0.2) is 16.8 Å². The van der Waals surface area contributed by atoms with E-state index in [1.165, 1.54) is 81.7 Å². The number of sulfonamides is 2. The van der Waals surface area contributed by atoms with E-state index in [1.807, 2.05) is 0 Å². The lowest BCUT2D eigenvalue weighted by atomic mass is 10.2. The van der Waals surface area contributed by atoms with Crippen molar-refractivity contribution in [2.45, 2.75) is 11.8 Å². The molecular formula is C24H26N4O8S2. The topological polar surface area (TPSA) is 156 Å². The molecule has 0 aliphatic heterocycles. The highest BCUT2D eigenvalue weighted by atomic mass is 32.2. The van der Waals surface area contributed by atoms with E-state index in [2.05, 4.69) is 5.32 Å². The molecule has 0 aromatic heterocycles. The molecule has 0 bridgehead atoms. The molecule has 14 heteroatoms. The molecule has 0 aliphatic carbocycles. The fourth-order valence-electron chi connectivity index (χ4n) is 3.44. The number of aryl methyl sites for hydroxylation is 1. The predicted molar refractivity (Wildman–Crippen MR) is 144 cm³/mol. The summed E-state index contributed by atoms with van der Waals surface area (Å²) >= 11 is 0. The van der Waals surface area contributed by atoms with Gasteiger partial charge in [0.15, 0.2) is 0 Å². The Morgan fingerprint density at radius 1 is 1.00 bits per heavy atom. The van der Waals surface area contributed by atoms with Crippen LogP contribution < -0.4 is 18.7 Å². The third-order valence-corrected chi connectivity index (χ3v) is 8.58. The number of rotatable bonds is 10. The van der Waals surface area contributed by atoms with Gasteiger partial charge >= 0.3 is 0 Å². The van der Waals surface area contributed by atoms with Crippen LogP contribution in [0.25, 0.3) is 0 Å². The lowest BCUT2D eigenvalue weighted by Gasteiger charge is -2.24. The Hall–Kier alpha value is -4.17. The normalized spacial score (nSPS) is 11.5. The second-order valence-electron chi connectivity index (χ2n) is 8.24. The number of nitro groups is 1. The number of nitrogens with one attached hydrogen (secondary N) is 1. The Morgan fingerprint density at radius 3 is 2.24 bits per heavy atom. The van der Waals surface area contributed by atoms with E-state index < -0.39 is 37.4 Å². The maximum atomic E-state index is 13.6. The molecule has 3 rings (SSSR count). The van der Waals surface area contributed by atoms with E-state index in [4.69, 9.17) is 4.74 Å². The van der Waals surface area contributed by atoms with E-state index >= 15 is 0 Å². The third-order valence-electron chi connectivity index (χ3n) is 5.60. The summed E-state index contributed by atoms with van der Waals surface area (Å²) in [5, 5.41) is 14.0. The van der Waals surface area contributed by atoms with Gasteiger partial charge in [-0.3, -0.25) is 23.5 Å². The summed E-state index contributed by atoms with van der Waals surface area (Å²) in [6.45, 7) is 0.807. The molecular weight excluding hydrogens is 536 g/mol. The number of carbonyl (C=O) groups is 1. The number of anilines is 3. The first kappa shape index (κ1) is 28.4. The molecule has 1 amide bonds. The molecule has 0 spiro atoms. The van der Waals surface area contributed by atoms with Crippen molar-refractivity contribution in [2.75, 3.05) is 40.9 Å². The summed E-state index contributed by atoms with van der Waals surface area (Å²) < 4.78 is 58.0. The van der Waals surface area contributed by atoms with Crippen LogP contribution in [0.5, 0.6) is 5.75 Å². The van der Waals surface area contributed by atoms with E-state index in [9.17, 15) is 31.7 Å². The van der Waals surface area contributed by atoms with Gasteiger partial charge < -0.3 is 10.1 Å². The van der Waals surface area contributed by atoms with Gasteiger partial charge in [0.25, 0.3) is 15.7 Å². The van der Waals surface area contributed by atoms with Crippen molar-refractivity contribution in [1.82, 2.24) is 0 Å². The summed E-state index contributed by atoms with van der Waals surface area (Å²) in [5.74, 6) is -0.279. The van der Waals surface area contributed by atoms with E-state index in [0.29, 0.717) is 5.75 Å². The van der Waals surface area contributed by atoms with Gasteiger partial charge in [0, 0.05) is 24.4 Å². The van der Waals surface area contributed by atoms with Crippen LogP contribution in [-0.4, -0.2) is 54.6 Å². The number of carbonyl (C=O) groups excluding carboxylic acids is 1. The molecule has 3 aromatic carbocycles. The largest absolute Gasteiger partial charge is 0.497 e. The summed E-state index contributed by atoms with van der Waals surface area (Å²) in [6, 6.07) is 15.4. The molecule has 0 heterocycles. The number of hydrogen-bond donors (Lipinski definition) is 1. The van der Waals surface area contributed by atoms with Crippen LogP contribution in [0, 0.1) is 17.0 Å². The van der Waals surface area contributed by atoms with Gasteiger partial charge in [0.2, 0.25) is 15.9 Å². The lowest BCUT2D eigenvalue weighted by molar-refractivity contribution is -0.385. The average molecular weight is 563 g/mol. The number of nitro benzene ring substituents is 1. The monoisotopic (exact) mass is 562 g/mol. The number of benzene rings is 3. The first-order valence-electron chi connectivity index (χ1n) is 11.0.